The number of aromatic nitrogens is 3. The number of hydrogen-bond acceptors (Lipinski definition) is 3. The summed E-state index contributed by atoms with van der Waals surface area (Å²) in [5.74, 6) is 8.39. The van der Waals surface area contributed by atoms with Gasteiger partial charge in [0, 0.05) is 25.3 Å². The van der Waals surface area contributed by atoms with Crippen molar-refractivity contribution in [2.24, 2.45) is 0 Å². The zero-order valence-corrected chi connectivity index (χ0v) is 17.4. The Labute approximate surface area is 168 Å². The van der Waals surface area contributed by atoms with Crippen molar-refractivity contribution in [1.29, 1.82) is 0 Å². The molecule has 1 heterocycles. The molecule has 0 bridgehead atoms. The lowest BCUT2D eigenvalue weighted by Crippen LogP contribution is -2.02. The summed E-state index contributed by atoms with van der Waals surface area (Å²) in [5.41, 5.74) is 0.983. The van der Waals surface area contributed by atoms with E-state index < -0.39 is 0 Å². The molecule has 4 nitrogen and oxygen atoms in total. The maximum atomic E-state index is 5.41. The number of nitrogens with one attached hydrogen (secondary N) is 1. The minimum Gasteiger partial charge on any atom is -0.497 e. The van der Waals surface area contributed by atoms with E-state index in [0.29, 0.717) is 4.77 Å². The minimum absolute atomic E-state index is 0.618. The lowest BCUT2D eigenvalue weighted by Gasteiger charge is -2.08. The standard InChI is InChI=1S/C22H31N3OS/c1-3-4-5-6-7-8-9-10-11-12-13-17-21-23-24-22(27)25(21)19-15-14-16-20(18-19)26-2/h14-16,18H,3-7,10-13,17H2,1-2H3,(H,24,27). The second kappa shape index (κ2) is 12.3. The molecule has 0 saturated carbocycles. The van der Waals surface area contributed by atoms with Gasteiger partial charge < -0.3 is 4.74 Å². The predicted octanol–water partition coefficient (Wildman–Crippen LogP) is 6.02. The number of rotatable bonds is 11. The van der Waals surface area contributed by atoms with Gasteiger partial charge in [-0.1, -0.05) is 38.7 Å². The molecule has 0 atom stereocenters. The van der Waals surface area contributed by atoms with Gasteiger partial charge in [-0.3, -0.25) is 9.67 Å². The van der Waals surface area contributed by atoms with Crippen LogP contribution < -0.4 is 4.74 Å². The monoisotopic (exact) mass is 385 g/mol. The fourth-order valence-electron chi connectivity index (χ4n) is 3.00. The maximum absolute atomic E-state index is 5.41. The van der Waals surface area contributed by atoms with Crippen LogP contribution in [0.25, 0.3) is 5.69 Å². The first-order valence-electron chi connectivity index (χ1n) is 10.0. The number of aromatic amines is 1. The molecule has 0 saturated heterocycles. The highest BCUT2D eigenvalue weighted by Crippen LogP contribution is 2.19. The van der Waals surface area contributed by atoms with Crippen LogP contribution in [0, 0.1) is 16.6 Å². The number of ether oxygens (including phenoxy) is 1. The summed E-state index contributed by atoms with van der Waals surface area (Å²) in [6, 6.07) is 7.89. The van der Waals surface area contributed by atoms with Crippen molar-refractivity contribution >= 4 is 12.2 Å². The molecule has 0 aliphatic rings. The first kappa shape index (κ1) is 21.2. The first-order chi connectivity index (χ1) is 13.3. The van der Waals surface area contributed by atoms with Crippen LogP contribution in [0.3, 0.4) is 0 Å². The molecule has 0 fully saturated rings. The van der Waals surface area contributed by atoms with E-state index in [2.05, 4.69) is 29.0 Å². The van der Waals surface area contributed by atoms with E-state index in [1.165, 1.54) is 25.7 Å². The summed E-state index contributed by atoms with van der Waals surface area (Å²) in [6.45, 7) is 2.24. The van der Waals surface area contributed by atoms with E-state index in [1.54, 1.807) is 7.11 Å². The van der Waals surface area contributed by atoms with Crippen molar-refractivity contribution in [3.8, 4) is 23.3 Å². The van der Waals surface area contributed by atoms with Crippen LogP contribution >= 0.6 is 12.2 Å². The Morgan fingerprint density at radius 2 is 1.81 bits per heavy atom. The van der Waals surface area contributed by atoms with E-state index in [1.807, 2.05) is 28.8 Å². The smallest absolute Gasteiger partial charge is 0.199 e. The summed E-state index contributed by atoms with van der Waals surface area (Å²) < 4.78 is 7.93. The second-order valence-corrected chi connectivity index (χ2v) is 7.09. The van der Waals surface area contributed by atoms with E-state index in [0.717, 1.165) is 55.8 Å². The molecule has 0 spiro atoms. The summed E-state index contributed by atoms with van der Waals surface area (Å²) >= 11 is 5.41. The normalized spacial score (nSPS) is 10.4. The van der Waals surface area contributed by atoms with Crippen LogP contribution in [-0.2, 0) is 6.42 Å². The van der Waals surface area contributed by atoms with Crippen molar-refractivity contribution in [2.75, 3.05) is 7.11 Å². The highest BCUT2D eigenvalue weighted by atomic mass is 32.1. The largest absolute Gasteiger partial charge is 0.497 e. The van der Waals surface area contributed by atoms with Crippen molar-refractivity contribution < 1.29 is 4.74 Å². The Morgan fingerprint density at radius 1 is 1.07 bits per heavy atom. The molecule has 5 heteroatoms. The van der Waals surface area contributed by atoms with Crippen LogP contribution in [-0.4, -0.2) is 21.9 Å². The van der Waals surface area contributed by atoms with Gasteiger partial charge in [0.05, 0.1) is 12.8 Å². The average molecular weight is 386 g/mol. The van der Waals surface area contributed by atoms with Crippen molar-refractivity contribution in [3.63, 3.8) is 0 Å². The summed E-state index contributed by atoms with van der Waals surface area (Å²) in [6.07, 6.45) is 11.5. The van der Waals surface area contributed by atoms with Crippen LogP contribution in [0.2, 0.25) is 0 Å². The highest BCUT2D eigenvalue weighted by Gasteiger charge is 2.08. The number of methoxy groups -OCH3 is 1. The van der Waals surface area contributed by atoms with Crippen molar-refractivity contribution in [1.82, 2.24) is 14.8 Å². The number of benzene rings is 1. The van der Waals surface area contributed by atoms with Crippen LogP contribution in [0.15, 0.2) is 24.3 Å². The Kier molecular flexibility index (Phi) is 9.72. The van der Waals surface area contributed by atoms with Gasteiger partial charge in [0.15, 0.2) is 4.77 Å². The van der Waals surface area contributed by atoms with E-state index in [9.17, 15) is 0 Å². The van der Waals surface area contributed by atoms with Gasteiger partial charge in [0.25, 0.3) is 0 Å². The molecule has 0 unspecified atom stereocenters. The predicted molar refractivity (Wildman–Crippen MR) is 114 cm³/mol. The summed E-state index contributed by atoms with van der Waals surface area (Å²) in [4.78, 5) is 0. The van der Waals surface area contributed by atoms with E-state index in [-0.39, 0.29) is 0 Å². The lowest BCUT2D eigenvalue weighted by molar-refractivity contribution is 0.414. The maximum Gasteiger partial charge on any atom is 0.199 e. The zero-order chi connectivity index (χ0) is 19.3. The zero-order valence-electron chi connectivity index (χ0n) is 16.6. The fourth-order valence-corrected chi connectivity index (χ4v) is 3.26. The van der Waals surface area contributed by atoms with Crippen molar-refractivity contribution in [2.45, 2.75) is 71.1 Å². The topological polar surface area (TPSA) is 42.8 Å². The van der Waals surface area contributed by atoms with Crippen molar-refractivity contribution in [3.05, 3.63) is 34.9 Å². The SMILES string of the molecule is CCCCCCC#CCCCCCc1n[nH]c(=S)n1-c1cccc(OC)c1. The summed E-state index contributed by atoms with van der Waals surface area (Å²) in [5, 5.41) is 7.32. The summed E-state index contributed by atoms with van der Waals surface area (Å²) in [7, 11) is 1.67. The molecule has 1 aromatic heterocycles. The fraction of sp³-hybridized carbons (Fsp3) is 0.545. The molecule has 2 rings (SSSR count). The quantitative estimate of drug-likeness (QED) is 0.292. The molecule has 146 valence electrons. The van der Waals surface area contributed by atoms with Gasteiger partial charge in [0.2, 0.25) is 0 Å². The van der Waals surface area contributed by atoms with Gasteiger partial charge in [-0.2, -0.15) is 5.10 Å². The Bertz CT molecular complexity index is 798. The average Bonchev–Trinajstić information content (AvgIpc) is 3.06. The minimum atomic E-state index is 0.618. The molecular weight excluding hydrogens is 354 g/mol. The molecule has 0 aliphatic heterocycles. The molecular formula is C22H31N3OS. The molecule has 1 N–H and O–H groups in total. The molecule has 27 heavy (non-hydrogen) atoms. The van der Waals surface area contributed by atoms with Gasteiger partial charge in [-0.15, -0.1) is 11.8 Å². The third kappa shape index (κ3) is 7.22. The second-order valence-electron chi connectivity index (χ2n) is 6.71. The van der Waals surface area contributed by atoms with Crippen LogP contribution in [0.1, 0.15) is 70.5 Å². The highest BCUT2D eigenvalue weighted by molar-refractivity contribution is 7.71. The van der Waals surface area contributed by atoms with Gasteiger partial charge >= 0.3 is 0 Å². The van der Waals surface area contributed by atoms with Gasteiger partial charge in [-0.25, -0.2) is 0 Å². The van der Waals surface area contributed by atoms with E-state index >= 15 is 0 Å². The van der Waals surface area contributed by atoms with E-state index in [4.69, 9.17) is 17.0 Å². The molecule has 1 aromatic carbocycles. The third-order valence-electron chi connectivity index (χ3n) is 4.54. The lowest BCUT2D eigenvalue weighted by atomic mass is 10.1. The Balaban J connectivity index is 1.76. The van der Waals surface area contributed by atoms with Gasteiger partial charge in [-0.05, 0) is 43.6 Å². The van der Waals surface area contributed by atoms with Crippen LogP contribution in [0.4, 0.5) is 0 Å². The molecule has 0 aliphatic carbocycles. The number of hydrogen-bond donors (Lipinski definition) is 1. The number of H-pyrrole nitrogens is 1. The third-order valence-corrected chi connectivity index (χ3v) is 4.81. The molecule has 2 aromatic rings. The van der Waals surface area contributed by atoms with Gasteiger partial charge in [0.1, 0.15) is 11.6 Å². The number of nitrogens with zero attached hydrogens (tertiary/aromatic N) is 2. The Hall–Kier alpha value is -2.06. The number of unbranched alkanes of at least 4 members (excludes halogenated alkanes) is 7. The first-order valence-corrected chi connectivity index (χ1v) is 10.4. The molecule has 0 amide bonds. The number of aryl methyl sites for hydroxylation is 1. The molecule has 0 radical (unpaired) electrons. The Morgan fingerprint density at radius 3 is 2.52 bits per heavy atom. The van der Waals surface area contributed by atoms with Crippen LogP contribution in [0.5, 0.6) is 5.75 Å².